The molecule has 0 saturated heterocycles. The van der Waals surface area contributed by atoms with Gasteiger partial charge in [0, 0.05) is 5.92 Å². The highest BCUT2D eigenvalue weighted by atomic mass is 15.5. The molecule has 3 aliphatic rings. The van der Waals surface area contributed by atoms with Crippen molar-refractivity contribution in [3.63, 3.8) is 0 Å². The molecule has 0 amide bonds. The van der Waals surface area contributed by atoms with E-state index < -0.39 is 0 Å². The van der Waals surface area contributed by atoms with Crippen LogP contribution in [0.3, 0.4) is 0 Å². The SMILES string of the molecule is CC1(C)[C@H]2CC[C@H]1[C@@H]1[C@@H]2C(c2ccccc2)=NN1c1ccccc1. The first-order valence-electron chi connectivity index (χ1n) is 9.16. The van der Waals surface area contributed by atoms with Crippen LogP contribution in [0.5, 0.6) is 0 Å². The Morgan fingerprint density at radius 2 is 1.50 bits per heavy atom. The Morgan fingerprint density at radius 1 is 0.875 bits per heavy atom. The van der Waals surface area contributed by atoms with E-state index in [-0.39, 0.29) is 0 Å². The molecule has 0 spiro atoms. The van der Waals surface area contributed by atoms with Crippen LogP contribution in [0.4, 0.5) is 5.69 Å². The van der Waals surface area contributed by atoms with Crippen molar-refractivity contribution < 1.29 is 0 Å². The van der Waals surface area contributed by atoms with Crippen molar-refractivity contribution in [2.45, 2.75) is 32.7 Å². The number of anilines is 1. The van der Waals surface area contributed by atoms with Crippen molar-refractivity contribution in [2.75, 3.05) is 5.01 Å². The van der Waals surface area contributed by atoms with E-state index in [2.05, 4.69) is 79.5 Å². The minimum Gasteiger partial charge on any atom is -0.261 e. The van der Waals surface area contributed by atoms with Gasteiger partial charge in [0.15, 0.2) is 0 Å². The second-order valence-electron chi connectivity index (χ2n) is 8.16. The summed E-state index contributed by atoms with van der Waals surface area (Å²) in [6.45, 7) is 4.97. The van der Waals surface area contributed by atoms with Gasteiger partial charge in [-0.3, -0.25) is 5.01 Å². The Morgan fingerprint density at radius 3 is 2.21 bits per heavy atom. The molecular weight excluding hydrogens is 292 g/mol. The smallest absolute Gasteiger partial charge is 0.0737 e. The zero-order valence-corrected chi connectivity index (χ0v) is 14.4. The molecule has 4 atom stereocenters. The molecule has 2 saturated carbocycles. The van der Waals surface area contributed by atoms with Crippen LogP contribution in [0.2, 0.25) is 0 Å². The summed E-state index contributed by atoms with van der Waals surface area (Å²) in [5, 5.41) is 7.52. The van der Waals surface area contributed by atoms with Crippen LogP contribution in [0.25, 0.3) is 0 Å². The second-order valence-corrected chi connectivity index (χ2v) is 8.16. The number of para-hydroxylation sites is 1. The van der Waals surface area contributed by atoms with Crippen LogP contribution in [0.1, 0.15) is 32.3 Å². The van der Waals surface area contributed by atoms with Crippen molar-refractivity contribution in [3.8, 4) is 0 Å². The van der Waals surface area contributed by atoms with Crippen LogP contribution in [-0.4, -0.2) is 11.8 Å². The molecule has 2 aromatic rings. The number of hydrogen-bond donors (Lipinski definition) is 0. The third-order valence-corrected chi connectivity index (χ3v) is 6.82. The van der Waals surface area contributed by atoms with Gasteiger partial charge in [-0.05, 0) is 47.8 Å². The molecule has 24 heavy (non-hydrogen) atoms. The first kappa shape index (κ1) is 14.3. The minimum atomic E-state index is 0.415. The summed E-state index contributed by atoms with van der Waals surface area (Å²) in [6, 6.07) is 22.1. The predicted octanol–water partition coefficient (Wildman–Crippen LogP) is 4.96. The van der Waals surface area contributed by atoms with Gasteiger partial charge in [-0.1, -0.05) is 62.4 Å². The van der Waals surface area contributed by atoms with Gasteiger partial charge < -0.3 is 0 Å². The van der Waals surface area contributed by atoms with Gasteiger partial charge in [-0.25, -0.2) is 0 Å². The van der Waals surface area contributed by atoms with Gasteiger partial charge in [0.05, 0.1) is 17.4 Å². The van der Waals surface area contributed by atoms with E-state index in [0.29, 0.717) is 17.4 Å². The standard InChI is InChI=1S/C22H24N2/c1-22(2)17-13-14-18(22)21-19(17)20(15-9-5-3-6-10-15)23-24(21)16-11-7-4-8-12-16/h3-12,17-19,21H,13-14H2,1-2H3/t17-,18-,19-,21+/m0/s1. The van der Waals surface area contributed by atoms with E-state index in [4.69, 9.17) is 5.10 Å². The molecule has 122 valence electrons. The zero-order valence-electron chi connectivity index (χ0n) is 14.4. The third-order valence-electron chi connectivity index (χ3n) is 6.82. The highest BCUT2D eigenvalue weighted by molar-refractivity contribution is 6.05. The van der Waals surface area contributed by atoms with Crippen molar-refractivity contribution in [2.24, 2.45) is 28.3 Å². The van der Waals surface area contributed by atoms with Crippen molar-refractivity contribution in [1.82, 2.24) is 0 Å². The fourth-order valence-electron chi connectivity index (χ4n) is 5.71. The molecule has 2 heteroatoms. The summed E-state index contributed by atoms with van der Waals surface area (Å²) >= 11 is 0. The first-order valence-corrected chi connectivity index (χ1v) is 9.16. The van der Waals surface area contributed by atoms with E-state index in [1.807, 2.05) is 0 Å². The summed E-state index contributed by atoms with van der Waals surface area (Å²) in [4.78, 5) is 0. The number of fused-ring (bicyclic) bond motifs is 5. The normalized spacial score (nSPS) is 32.8. The van der Waals surface area contributed by atoms with Crippen LogP contribution < -0.4 is 5.01 Å². The van der Waals surface area contributed by atoms with Crippen LogP contribution >= 0.6 is 0 Å². The molecule has 2 bridgehead atoms. The van der Waals surface area contributed by atoms with Crippen molar-refractivity contribution >= 4 is 11.4 Å². The maximum atomic E-state index is 5.17. The molecule has 1 heterocycles. The number of benzene rings is 2. The Balaban J connectivity index is 1.65. The van der Waals surface area contributed by atoms with Crippen molar-refractivity contribution in [1.29, 1.82) is 0 Å². The number of nitrogens with zero attached hydrogens (tertiary/aromatic N) is 2. The lowest BCUT2D eigenvalue weighted by atomic mass is 9.77. The molecule has 0 aromatic heterocycles. The average Bonchev–Trinajstić information content (AvgIpc) is 3.21. The largest absolute Gasteiger partial charge is 0.261 e. The molecule has 1 aliphatic heterocycles. The topological polar surface area (TPSA) is 15.6 Å². The van der Waals surface area contributed by atoms with Crippen LogP contribution in [-0.2, 0) is 0 Å². The fourth-order valence-corrected chi connectivity index (χ4v) is 5.71. The number of rotatable bonds is 2. The third kappa shape index (κ3) is 1.80. The Kier molecular flexibility index (Phi) is 2.94. The molecule has 5 rings (SSSR count). The second kappa shape index (κ2) is 4.95. The van der Waals surface area contributed by atoms with E-state index >= 15 is 0 Å². The van der Waals surface area contributed by atoms with E-state index in [9.17, 15) is 0 Å². The Bertz CT molecular complexity index is 778. The van der Waals surface area contributed by atoms with Crippen molar-refractivity contribution in [3.05, 3.63) is 66.2 Å². The monoisotopic (exact) mass is 316 g/mol. The maximum Gasteiger partial charge on any atom is 0.0737 e. The lowest BCUT2D eigenvalue weighted by Gasteiger charge is -2.32. The van der Waals surface area contributed by atoms with Gasteiger partial charge >= 0.3 is 0 Å². The summed E-state index contributed by atoms with van der Waals surface area (Å²) in [6.07, 6.45) is 2.70. The summed E-state index contributed by atoms with van der Waals surface area (Å²) in [7, 11) is 0. The molecule has 2 nitrogen and oxygen atoms in total. The molecule has 2 fully saturated rings. The van der Waals surface area contributed by atoms with Crippen LogP contribution in [0, 0.1) is 23.2 Å². The quantitative estimate of drug-likeness (QED) is 0.764. The van der Waals surface area contributed by atoms with Gasteiger partial charge in [0.25, 0.3) is 0 Å². The highest BCUT2D eigenvalue weighted by Crippen LogP contribution is 2.64. The maximum absolute atomic E-state index is 5.17. The van der Waals surface area contributed by atoms with Gasteiger partial charge in [-0.15, -0.1) is 0 Å². The molecular formula is C22H24N2. The Hall–Kier alpha value is -2.09. The van der Waals surface area contributed by atoms with Gasteiger partial charge in [-0.2, -0.15) is 5.10 Å². The summed E-state index contributed by atoms with van der Waals surface area (Å²) in [5.74, 6) is 2.05. The lowest BCUT2D eigenvalue weighted by molar-refractivity contribution is 0.246. The van der Waals surface area contributed by atoms with E-state index in [1.165, 1.54) is 29.8 Å². The lowest BCUT2D eigenvalue weighted by Crippen LogP contribution is -2.38. The van der Waals surface area contributed by atoms with Gasteiger partial charge in [0.2, 0.25) is 0 Å². The summed E-state index contributed by atoms with van der Waals surface area (Å²) < 4.78 is 0. The first-order chi connectivity index (χ1) is 11.7. The minimum absolute atomic E-state index is 0.415. The van der Waals surface area contributed by atoms with E-state index in [0.717, 1.165) is 11.8 Å². The number of hydrazone groups is 1. The molecule has 0 N–H and O–H groups in total. The Labute approximate surface area is 144 Å². The fraction of sp³-hybridized carbons (Fsp3) is 0.409. The predicted molar refractivity (Wildman–Crippen MR) is 99.2 cm³/mol. The van der Waals surface area contributed by atoms with Gasteiger partial charge in [0.1, 0.15) is 0 Å². The zero-order chi connectivity index (χ0) is 16.3. The van der Waals surface area contributed by atoms with Crippen LogP contribution in [0.15, 0.2) is 65.8 Å². The average molecular weight is 316 g/mol. The molecule has 2 aliphatic carbocycles. The molecule has 0 radical (unpaired) electrons. The molecule has 2 aromatic carbocycles. The highest BCUT2D eigenvalue weighted by Gasteiger charge is 2.64. The van der Waals surface area contributed by atoms with E-state index in [1.54, 1.807) is 0 Å². The molecule has 0 unspecified atom stereocenters. The number of hydrogen-bond acceptors (Lipinski definition) is 2. The summed E-state index contributed by atoms with van der Waals surface area (Å²) in [5.41, 5.74) is 4.26.